The van der Waals surface area contributed by atoms with Gasteiger partial charge in [0, 0.05) is 25.6 Å². The third kappa shape index (κ3) is 4.67. The number of benzene rings is 1. The molecular weight excluding hydrogens is 346 g/mol. The van der Waals surface area contributed by atoms with Crippen molar-refractivity contribution in [2.45, 2.75) is 38.6 Å². The lowest BCUT2D eigenvalue weighted by Gasteiger charge is -2.17. The number of nitrogens with zero attached hydrogens (tertiary/aromatic N) is 2. The molecule has 2 aromatic rings. The minimum absolute atomic E-state index is 0.0502. The molecule has 0 bridgehead atoms. The summed E-state index contributed by atoms with van der Waals surface area (Å²) in [4.78, 5) is 26.3. The number of nitrogens with one attached hydrogen (secondary N) is 1. The van der Waals surface area contributed by atoms with Crippen LogP contribution in [0.1, 0.15) is 48.0 Å². The van der Waals surface area contributed by atoms with Crippen LogP contribution in [0.4, 0.5) is 0 Å². The largest absolute Gasteiger partial charge is 0.497 e. The Bertz CT molecular complexity index is 798. The summed E-state index contributed by atoms with van der Waals surface area (Å²) < 4.78 is 10.3. The molecule has 0 aliphatic carbocycles. The molecule has 1 fully saturated rings. The van der Waals surface area contributed by atoms with E-state index in [1.54, 1.807) is 18.1 Å². The number of likely N-dealkylation sites (tertiary alicyclic amines) is 1. The highest BCUT2D eigenvalue weighted by molar-refractivity contribution is 5.92. The van der Waals surface area contributed by atoms with Gasteiger partial charge in [0.15, 0.2) is 0 Å². The van der Waals surface area contributed by atoms with E-state index < -0.39 is 0 Å². The van der Waals surface area contributed by atoms with E-state index in [1.807, 2.05) is 38.1 Å². The van der Waals surface area contributed by atoms with Crippen LogP contribution >= 0.6 is 0 Å². The first-order valence-corrected chi connectivity index (χ1v) is 9.14. The number of methoxy groups -OCH3 is 1. The number of hydrogen-bond donors (Lipinski definition) is 1. The minimum Gasteiger partial charge on any atom is -0.497 e. The second kappa shape index (κ2) is 8.24. The average Bonchev–Trinajstić information content (AvgIpc) is 3.27. The van der Waals surface area contributed by atoms with Gasteiger partial charge < -0.3 is 19.5 Å². The third-order valence-corrected chi connectivity index (χ3v) is 4.72. The van der Waals surface area contributed by atoms with Crippen molar-refractivity contribution >= 4 is 11.8 Å². The maximum Gasteiger partial charge on any atom is 0.290 e. The lowest BCUT2D eigenvalue weighted by atomic mass is 10.1. The van der Waals surface area contributed by atoms with Crippen LogP contribution < -0.4 is 10.1 Å². The van der Waals surface area contributed by atoms with Gasteiger partial charge in [-0.15, -0.1) is 0 Å². The molecule has 1 saturated heterocycles. The summed E-state index contributed by atoms with van der Waals surface area (Å²) >= 11 is 0. The number of rotatable bonds is 7. The topological polar surface area (TPSA) is 84.7 Å². The number of carbonyl (C=O) groups is 2. The van der Waals surface area contributed by atoms with Crippen molar-refractivity contribution < 1.29 is 18.8 Å². The fourth-order valence-corrected chi connectivity index (χ4v) is 3.07. The summed E-state index contributed by atoms with van der Waals surface area (Å²) in [5, 5.41) is 6.76. The molecule has 144 valence electrons. The van der Waals surface area contributed by atoms with E-state index in [9.17, 15) is 9.59 Å². The molecule has 1 N–H and O–H groups in total. The second-order valence-corrected chi connectivity index (χ2v) is 7.08. The van der Waals surface area contributed by atoms with Crippen molar-refractivity contribution in [1.82, 2.24) is 15.4 Å². The molecule has 1 aromatic carbocycles. The van der Waals surface area contributed by atoms with Gasteiger partial charge in [-0.3, -0.25) is 9.59 Å². The monoisotopic (exact) mass is 371 g/mol. The molecule has 2 amide bonds. The molecule has 27 heavy (non-hydrogen) atoms. The van der Waals surface area contributed by atoms with E-state index in [2.05, 4.69) is 10.5 Å². The summed E-state index contributed by atoms with van der Waals surface area (Å²) in [6.45, 7) is 5.09. The van der Waals surface area contributed by atoms with Gasteiger partial charge in [-0.2, -0.15) is 0 Å². The highest BCUT2D eigenvalue weighted by Gasteiger charge is 2.31. The standard InChI is InChI=1S/C20H25N3O4/c1-13(2)17-11-18(27-22-17)20(25)21-15-10-19(24)23(12-15)9-8-14-4-6-16(26-3)7-5-14/h4-7,11,13,15H,8-10,12H2,1-3H3,(H,21,25)/t15-/m1/s1. The summed E-state index contributed by atoms with van der Waals surface area (Å²) in [6, 6.07) is 9.25. The van der Waals surface area contributed by atoms with Crippen LogP contribution in [-0.4, -0.2) is 48.1 Å². The van der Waals surface area contributed by atoms with Crippen molar-refractivity contribution in [3.05, 3.63) is 47.3 Å². The summed E-state index contributed by atoms with van der Waals surface area (Å²) in [6.07, 6.45) is 1.07. The van der Waals surface area contributed by atoms with E-state index in [1.165, 1.54) is 0 Å². The zero-order valence-corrected chi connectivity index (χ0v) is 15.9. The number of amides is 2. The predicted molar refractivity (Wildman–Crippen MR) is 99.7 cm³/mol. The Morgan fingerprint density at radius 3 is 2.74 bits per heavy atom. The molecule has 0 radical (unpaired) electrons. The third-order valence-electron chi connectivity index (χ3n) is 4.72. The van der Waals surface area contributed by atoms with Gasteiger partial charge in [-0.1, -0.05) is 31.1 Å². The SMILES string of the molecule is COc1ccc(CCN2C[C@H](NC(=O)c3cc(C(C)C)no3)CC2=O)cc1. The molecule has 0 unspecified atom stereocenters. The number of ether oxygens (including phenoxy) is 1. The zero-order valence-electron chi connectivity index (χ0n) is 15.9. The first kappa shape index (κ1) is 18.9. The Morgan fingerprint density at radius 2 is 2.11 bits per heavy atom. The van der Waals surface area contributed by atoms with Gasteiger partial charge in [0.05, 0.1) is 18.8 Å². The number of hydrogen-bond acceptors (Lipinski definition) is 5. The second-order valence-electron chi connectivity index (χ2n) is 7.08. The van der Waals surface area contributed by atoms with Gasteiger partial charge in [-0.25, -0.2) is 0 Å². The highest BCUT2D eigenvalue weighted by Crippen LogP contribution is 2.17. The molecule has 7 heteroatoms. The van der Waals surface area contributed by atoms with E-state index in [-0.39, 0.29) is 29.5 Å². The van der Waals surface area contributed by atoms with Crippen molar-refractivity contribution in [1.29, 1.82) is 0 Å². The molecule has 1 aliphatic heterocycles. The van der Waals surface area contributed by atoms with Gasteiger partial charge in [-0.05, 0) is 30.0 Å². The van der Waals surface area contributed by atoms with Gasteiger partial charge >= 0.3 is 0 Å². The average molecular weight is 371 g/mol. The Hall–Kier alpha value is -2.83. The summed E-state index contributed by atoms with van der Waals surface area (Å²) in [7, 11) is 1.63. The van der Waals surface area contributed by atoms with Crippen molar-refractivity contribution in [2.75, 3.05) is 20.2 Å². The quantitative estimate of drug-likeness (QED) is 0.808. The smallest absolute Gasteiger partial charge is 0.290 e. The maximum absolute atomic E-state index is 12.3. The highest BCUT2D eigenvalue weighted by atomic mass is 16.5. The Morgan fingerprint density at radius 1 is 1.37 bits per heavy atom. The molecule has 3 rings (SSSR count). The van der Waals surface area contributed by atoms with Crippen molar-refractivity contribution in [3.8, 4) is 5.75 Å². The van der Waals surface area contributed by atoms with Crippen LogP contribution in [0.5, 0.6) is 5.75 Å². The van der Waals surface area contributed by atoms with E-state index in [0.717, 1.165) is 23.4 Å². The fraction of sp³-hybridized carbons (Fsp3) is 0.450. The Balaban J connectivity index is 1.51. The summed E-state index contributed by atoms with van der Waals surface area (Å²) in [5.74, 6) is 0.907. The van der Waals surface area contributed by atoms with Crippen LogP contribution in [0.25, 0.3) is 0 Å². The molecule has 2 heterocycles. The number of aromatic nitrogens is 1. The molecule has 1 atom stereocenters. The first-order valence-electron chi connectivity index (χ1n) is 9.14. The van der Waals surface area contributed by atoms with Crippen molar-refractivity contribution in [3.63, 3.8) is 0 Å². The van der Waals surface area contributed by atoms with Crippen molar-refractivity contribution in [2.24, 2.45) is 0 Å². The minimum atomic E-state index is -0.329. The van der Waals surface area contributed by atoms with Gasteiger partial charge in [0.2, 0.25) is 11.7 Å². The normalized spacial score (nSPS) is 16.8. The lowest BCUT2D eigenvalue weighted by molar-refractivity contribution is -0.127. The van der Waals surface area contributed by atoms with Crippen LogP contribution in [0.15, 0.2) is 34.9 Å². The van der Waals surface area contributed by atoms with Crippen LogP contribution in [0, 0.1) is 0 Å². The van der Waals surface area contributed by atoms with Gasteiger partial charge in [0.25, 0.3) is 5.91 Å². The molecule has 7 nitrogen and oxygen atoms in total. The maximum atomic E-state index is 12.3. The Labute approximate surface area is 158 Å². The molecule has 1 aromatic heterocycles. The van der Waals surface area contributed by atoms with Crippen LogP contribution in [0.2, 0.25) is 0 Å². The Kier molecular flexibility index (Phi) is 5.78. The zero-order chi connectivity index (χ0) is 19.4. The van der Waals surface area contributed by atoms with Gasteiger partial charge in [0.1, 0.15) is 5.75 Å². The predicted octanol–water partition coefficient (Wildman–Crippen LogP) is 2.38. The van der Waals surface area contributed by atoms with Crippen LogP contribution in [0.3, 0.4) is 0 Å². The van der Waals surface area contributed by atoms with E-state index >= 15 is 0 Å². The lowest BCUT2D eigenvalue weighted by Crippen LogP contribution is -2.37. The van der Waals surface area contributed by atoms with E-state index in [0.29, 0.717) is 19.5 Å². The molecule has 0 saturated carbocycles. The molecule has 1 aliphatic rings. The molecule has 0 spiro atoms. The van der Waals surface area contributed by atoms with Crippen LogP contribution in [-0.2, 0) is 11.2 Å². The summed E-state index contributed by atoms with van der Waals surface area (Å²) in [5.41, 5.74) is 1.88. The fourth-order valence-electron chi connectivity index (χ4n) is 3.07. The first-order chi connectivity index (χ1) is 13.0. The number of carbonyl (C=O) groups excluding carboxylic acids is 2. The van der Waals surface area contributed by atoms with E-state index in [4.69, 9.17) is 9.26 Å². The molecular formula is C20H25N3O4.